The zero-order chi connectivity index (χ0) is 20.6. The van der Waals surface area contributed by atoms with Crippen molar-refractivity contribution in [3.8, 4) is 5.75 Å². The van der Waals surface area contributed by atoms with Crippen LogP contribution in [0.4, 0.5) is 10.1 Å². The molecule has 0 saturated carbocycles. The van der Waals surface area contributed by atoms with E-state index in [1.54, 1.807) is 12.1 Å². The molecule has 8 heteroatoms. The quantitative estimate of drug-likeness (QED) is 0.539. The van der Waals surface area contributed by atoms with Crippen molar-refractivity contribution in [2.24, 2.45) is 0 Å². The number of nitrogens with zero attached hydrogens (tertiary/aromatic N) is 3. The van der Waals surface area contributed by atoms with Crippen LogP contribution in [0.25, 0.3) is 0 Å². The maximum Gasteiger partial charge on any atom is 0.273 e. The van der Waals surface area contributed by atoms with Crippen LogP contribution in [-0.4, -0.2) is 65.3 Å². The van der Waals surface area contributed by atoms with Gasteiger partial charge >= 0.3 is 0 Å². The number of nitro benzene ring substituents is 1. The van der Waals surface area contributed by atoms with Gasteiger partial charge in [0.1, 0.15) is 24.3 Å². The molecule has 1 atom stereocenters. The molecule has 1 unspecified atom stereocenters. The molecule has 0 radical (unpaired) electrons. The first-order valence-electron chi connectivity index (χ1n) is 9.74. The molecule has 0 aromatic heterocycles. The number of hydrogen-bond donors (Lipinski definition) is 1. The maximum absolute atomic E-state index is 13.0. The Kier molecular flexibility index (Phi) is 7.51. The van der Waals surface area contributed by atoms with Gasteiger partial charge in [0.25, 0.3) is 5.69 Å². The predicted molar refractivity (Wildman–Crippen MR) is 107 cm³/mol. The van der Waals surface area contributed by atoms with Crippen molar-refractivity contribution < 1.29 is 19.2 Å². The number of non-ortho nitro benzene ring substituents is 1. The van der Waals surface area contributed by atoms with E-state index in [2.05, 4.69) is 9.80 Å². The van der Waals surface area contributed by atoms with Gasteiger partial charge < -0.3 is 9.84 Å². The molecule has 0 aliphatic carbocycles. The second-order valence-corrected chi connectivity index (χ2v) is 7.28. The highest BCUT2D eigenvalue weighted by molar-refractivity contribution is 5.37. The molecule has 1 heterocycles. The van der Waals surface area contributed by atoms with Crippen LogP contribution in [0.2, 0.25) is 0 Å². The van der Waals surface area contributed by atoms with Crippen LogP contribution in [0.3, 0.4) is 0 Å². The summed E-state index contributed by atoms with van der Waals surface area (Å²) >= 11 is 0. The molecule has 7 nitrogen and oxygen atoms in total. The fourth-order valence-electron chi connectivity index (χ4n) is 3.44. The summed E-state index contributed by atoms with van der Waals surface area (Å²) in [5.41, 5.74) is 1.05. The third-order valence-corrected chi connectivity index (χ3v) is 4.94. The van der Waals surface area contributed by atoms with Gasteiger partial charge in [-0.05, 0) is 43.3 Å². The molecule has 2 aromatic rings. The number of aliphatic hydroxyl groups excluding tert-OH is 1. The molecule has 1 saturated heterocycles. The average molecular weight is 403 g/mol. The highest BCUT2D eigenvalue weighted by Gasteiger charge is 2.18. The van der Waals surface area contributed by atoms with Gasteiger partial charge in [0.2, 0.25) is 0 Å². The zero-order valence-electron chi connectivity index (χ0n) is 16.2. The summed E-state index contributed by atoms with van der Waals surface area (Å²) in [6.45, 7) is 4.88. The smallest absolute Gasteiger partial charge is 0.273 e. The minimum Gasteiger partial charge on any atom is -0.491 e. The van der Waals surface area contributed by atoms with Gasteiger partial charge in [-0.3, -0.25) is 19.9 Å². The van der Waals surface area contributed by atoms with Crippen molar-refractivity contribution in [2.75, 3.05) is 39.3 Å². The third kappa shape index (κ3) is 6.77. The van der Waals surface area contributed by atoms with Crippen LogP contribution in [0.15, 0.2) is 48.5 Å². The highest BCUT2D eigenvalue weighted by atomic mass is 19.1. The number of halogens is 1. The maximum atomic E-state index is 13.0. The lowest BCUT2D eigenvalue weighted by Crippen LogP contribution is -2.38. The fraction of sp³-hybridized carbons (Fsp3) is 0.429. The first kappa shape index (κ1) is 21.2. The number of ether oxygens (including phenoxy) is 1. The van der Waals surface area contributed by atoms with Crippen LogP contribution in [0.1, 0.15) is 12.0 Å². The van der Waals surface area contributed by atoms with Crippen LogP contribution in [-0.2, 0) is 6.54 Å². The largest absolute Gasteiger partial charge is 0.491 e. The Morgan fingerprint density at radius 1 is 1.10 bits per heavy atom. The summed E-state index contributed by atoms with van der Waals surface area (Å²) in [5, 5.41) is 21.1. The normalized spacial score (nSPS) is 16.9. The summed E-state index contributed by atoms with van der Waals surface area (Å²) in [6, 6.07) is 12.5. The van der Waals surface area contributed by atoms with E-state index in [1.807, 2.05) is 12.1 Å². The second kappa shape index (κ2) is 10.3. The van der Waals surface area contributed by atoms with Crippen LogP contribution >= 0.6 is 0 Å². The molecule has 1 fully saturated rings. The molecule has 1 N–H and O–H groups in total. The van der Waals surface area contributed by atoms with Gasteiger partial charge in [0.05, 0.1) is 11.0 Å². The number of β-amino-alcohol motifs (C(OH)–C–C–N with tert-alkyl or cyclic N) is 1. The Hall–Kier alpha value is -2.55. The second-order valence-electron chi connectivity index (χ2n) is 7.28. The van der Waals surface area contributed by atoms with Crippen LogP contribution < -0.4 is 4.74 Å². The Balaban J connectivity index is 1.42. The number of aliphatic hydroxyl groups is 1. The van der Waals surface area contributed by atoms with Gasteiger partial charge in [-0.25, -0.2) is 4.39 Å². The van der Waals surface area contributed by atoms with E-state index in [-0.39, 0.29) is 18.1 Å². The van der Waals surface area contributed by atoms with Crippen LogP contribution in [0, 0.1) is 15.9 Å². The first-order chi connectivity index (χ1) is 14.0. The standard InChI is InChI=1S/C21H26FN3O4/c22-18-7-5-17(6-8-18)14-23-9-2-10-24(12-11-23)15-20(26)16-29-21-4-1-3-19(13-21)25(27)28/h1,3-8,13,20,26H,2,9-12,14-16H2. The Morgan fingerprint density at radius 3 is 2.59 bits per heavy atom. The van der Waals surface area contributed by atoms with Crippen molar-refractivity contribution in [1.82, 2.24) is 9.80 Å². The molecule has 1 aliphatic heterocycles. The molecule has 0 bridgehead atoms. The molecule has 0 amide bonds. The van der Waals surface area contributed by atoms with Crippen molar-refractivity contribution >= 4 is 5.69 Å². The van der Waals surface area contributed by atoms with Crippen molar-refractivity contribution in [1.29, 1.82) is 0 Å². The minimum atomic E-state index is -0.682. The molecule has 156 valence electrons. The van der Waals surface area contributed by atoms with Crippen LogP contribution in [0.5, 0.6) is 5.75 Å². The molecular formula is C21H26FN3O4. The summed E-state index contributed by atoms with van der Waals surface area (Å²) in [4.78, 5) is 14.9. The molecule has 3 rings (SSSR count). The van der Waals surface area contributed by atoms with E-state index in [9.17, 15) is 19.6 Å². The van der Waals surface area contributed by atoms with E-state index < -0.39 is 11.0 Å². The number of nitro groups is 1. The van der Waals surface area contributed by atoms with E-state index >= 15 is 0 Å². The van der Waals surface area contributed by atoms with E-state index in [1.165, 1.54) is 24.3 Å². The predicted octanol–water partition coefficient (Wildman–Crippen LogP) is 2.68. The van der Waals surface area contributed by atoms with Crippen molar-refractivity contribution in [3.05, 3.63) is 70.0 Å². The number of hydrogen-bond acceptors (Lipinski definition) is 6. The van der Waals surface area contributed by atoms with E-state index in [0.29, 0.717) is 12.3 Å². The number of rotatable bonds is 8. The lowest BCUT2D eigenvalue weighted by Gasteiger charge is -2.24. The first-order valence-corrected chi connectivity index (χ1v) is 9.74. The van der Waals surface area contributed by atoms with Gasteiger partial charge in [-0.15, -0.1) is 0 Å². The Bertz CT molecular complexity index is 803. The molecular weight excluding hydrogens is 377 g/mol. The van der Waals surface area contributed by atoms with Gasteiger partial charge in [0, 0.05) is 32.2 Å². The summed E-state index contributed by atoms with van der Waals surface area (Å²) in [6.07, 6.45) is 0.303. The summed E-state index contributed by atoms with van der Waals surface area (Å²) < 4.78 is 18.6. The van der Waals surface area contributed by atoms with Gasteiger partial charge in [-0.2, -0.15) is 0 Å². The van der Waals surface area contributed by atoms with Crippen molar-refractivity contribution in [2.45, 2.75) is 19.1 Å². The minimum absolute atomic E-state index is 0.0363. The summed E-state index contributed by atoms with van der Waals surface area (Å²) in [5.74, 6) is 0.150. The lowest BCUT2D eigenvalue weighted by atomic mass is 10.2. The fourth-order valence-corrected chi connectivity index (χ4v) is 3.44. The highest BCUT2D eigenvalue weighted by Crippen LogP contribution is 2.19. The third-order valence-electron chi connectivity index (χ3n) is 4.94. The zero-order valence-corrected chi connectivity index (χ0v) is 16.2. The molecule has 0 spiro atoms. The molecule has 1 aliphatic rings. The topological polar surface area (TPSA) is 79.1 Å². The molecule has 2 aromatic carbocycles. The van der Waals surface area contributed by atoms with Crippen molar-refractivity contribution in [3.63, 3.8) is 0 Å². The summed E-state index contributed by atoms with van der Waals surface area (Å²) in [7, 11) is 0. The Morgan fingerprint density at radius 2 is 1.83 bits per heavy atom. The number of benzene rings is 2. The monoisotopic (exact) mass is 403 g/mol. The van der Waals surface area contributed by atoms with E-state index in [0.717, 1.165) is 44.7 Å². The SMILES string of the molecule is O=[N+]([O-])c1cccc(OCC(O)CN2CCCN(Cc3ccc(F)cc3)CC2)c1. The van der Waals surface area contributed by atoms with Gasteiger partial charge in [-0.1, -0.05) is 18.2 Å². The molecule has 29 heavy (non-hydrogen) atoms. The Labute approximate surface area is 169 Å². The average Bonchev–Trinajstić information content (AvgIpc) is 2.93. The van der Waals surface area contributed by atoms with E-state index in [4.69, 9.17) is 4.74 Å². The lowest BCUT2D eigenvalue weighted by molar-refractivity contribution is -0.384. The van der Waals surface area contributed by atoms with Gasteiger partial charge in [0.15, 0.2) is 0 Å².